The monoisotopic (exact) mass is 365 g/mol. The number of carbonyl (C=O) groups is 1. The molecule has 1 aliphatic heterocycles. The van der Waals surface area contributed by atoms with E-state index >= 15 is 0 Å². The van der Waals surface area contributed by atoms with Gasteiger partial charge in [-0.2, -0.15) is 0 Å². The van der Waals surface area contributed by atoms with Crippen LogP contribution in [0.5, 0.6) is 5.75 Å². The molecule has 1 fully saturated rings. The predicted octanol–water partition coefficient (Wildman–Crippen LogP) is 3.06. The molecule has 0 saturated carbocycles. The first-order chi connectivity index (χ1) is 13.2. The Morgan fingerprint density at radius 1 is 1.15 bits per heavy atom. The third-order valence-electron chi connectivity index (χ3n) is 4.83. The normalized spacial score (nSPS) is 15.0. The number of imidazole rings is 1. The number of aryl methyl sites for hydroxylation is 1. The standard InChI is InChI=1S/C21H23N3O3/c1-24-19-17(8-5-9-18(19)27-16-10-12-22-13-11-16)23-20(24)21(25)26-14-15-6-3-2-4-7-15/h2-9,16,22H,10-14H2,1H3. The van der Waals surface area contributed by atoms with Crippen LogP contribution in [-0.4, -0.2) is 34.7 Å². The summed E-state index contributed by atoms with van der Waals surface area (Å²) in [6.45, 7) is 2.15. The van der Waals surface area contributed by atoms with Crippen molar-refractivity contribution in [2.45, 2.75) is 25.6 Å². The third-order valence-corrected chi connectivity index (χ3v) is 4.83. The van der Waals surface area contributed by atoms with Gasteiger partial charge in [-0.1, -0.05) is 36.4 Å². The highest BCUT2D eigenvalue weighted by molar-refractivity contribution is 5.93. The zero-order chi connectivity index (χ0) is 18.6. The summed E-state index contributed by atoms with van der Waals surface area (Å²) in [5.41, 5.74) is 2.50. The molecule has 0 aliphatic carbocycles. The molecular formula is C21H23N3O3. The summed E-state index contributed by atoms with van der Waals surface area (Å²) in [5, 5.41) is 3.34. The highest BCUT2D eigenvalue weighted by Crippen LogP contribution is 2.28. The number of benzene rings is 2. The number of piperidine rings is 1. The number of ether oxygens (including phenoxy) is 2. The van der Waals surface area contributed by atoms with Gasteiger partial charge in [-0.25, -0.2) is 9.78 Å². The second-order valence-corrected chi connectivity index (χ2v) is 6.75. The second kappa shape index (κ2) is 7.80. The van der Waals surface area contributed by atoms with Crippen LogP contribution in [0.2, 0.25) is 0 Å². The molecule has 2 heterocycles. The van der Waals surface area contributed by atoms with Crippen LogP contribution >= 0.6 is 0 Å². The van der Waals surface area contributed by atoms with Crippen LogP contribution in [0.3, 0.4) is 0 Å². The van der Waals surface area contributed by atoms with E-state index in [9.17, 15) is 4.79 Å². The predicted molar refractivity (Wildman–Crippen MR) is 103 cm³/mol. The Bertz CT molecular complexity index is 930. The quantitative estimate of drug-likeness (QED) is 0.704. The number of nitrogens with zero attached hydrogens (tertiary/aromatic N) is 2. The van der Waals surface area contributed by atoms with Gasteiger partial charge in [-0.15, -0.1) is 0 Å². The molecule has 1 aromatic heterocycles. The molecule has 0 spiro atoms. The van der Waals surface area contributed by atoms with Gasteiger partial charge < -0.3 is 19.4 Å². The second-order valence-electron chi connectivity index (χ2n) is 6.75. The van der Waals surface area contributed by atoms with Gasteiger partial charge in [0.1, 0.15) is 24.0 Å². The summed E-state index contributed by atoms with van der Waals surface area (Å²) in [5.74, 6) is 0.601. The minimum absolute atomic E-state index is 0.181. The Kier molecular flexibility index (Phi) is 5.07. The molecule has 0 amide bonds. The number of carbonyl (C=O) groups excluding carboxylic acids is 1. The van der Waals surface area contributed by atoms with E-state index in [0.29, 0.717) is 0 Å². The maximum Gasteiger partial charge on any atom is 0.374 e. The summed E-state index contributed by atoms with van der Waals surface area (Å²) in [6, 6.07) is 15.3. The van der Waals surface area contributed by atoms with Gasteiger partial charge in [0.05, 0.1) is 5.52 Å². The Morgan fingerprint density at radius 3 is 2.70 bits per heavy atom. The third kappa shape index (κ3) is 3.80. The van der Waals surface area contributed by atoms with Crippen molar-refractivity contribution in [1.82, 2.24) is 14.9 Å². The minimum atomic E-state index is -0.439. The van der Waals surface area contributed by atoms with E-state index < -0.39 is 5.97 Å². The van der Waals surface area contributed by atoms with Crippen molar-refractivity contribution < 1.29 is 14.3 Å². The Balaban J connectivity index is 1.56. The van der Waals surface area contributed by atoms with Crippen molar-refractivity contribution in [3.63, 3.8) is 0 Å². The molecule has 140 valence electrons. The number of hydrogen-bond acceptors (Lipinski definition) is 5. The van der Waals surface area contributed by atoms with Crippen LogP contribution in [-0.2, 0) is 18.4 Å². The highest BCUT2D eigenvalue weighted by Gasteiger charge is 2.21. The van der Waals surface area contributed by atoms with Crippen molar-refractivity contribution in [3.8, 4) is 5.75 Å². The van der Waals surface area contributed by atoms with Gasteiger partial charge in [0, 0.05) is 7.05 Å². The van der Waals surface area contributed by atoms with E-state index in [1.54, 1.807) is 4.57 Å². The zero-order valence-electron chi connectivity index (χ0n) is 15.4. The Labute approximate surface area is 158 Å². The fraction of sp³-hybridized carbons (Fsp3) is 0.333. The fourth-order valence-corrected chi connectivity index (χ4v) is 3.39. The largest absolute Gasteiger partial charge is 0.488 e. The van der Waals surface area contributed by atoms with Gasteiger partial charge in [-0.3, -0.25) is 0 Å². The fourth-order valence-electron chi connectivity index (χ4n) is 3.39. The van der Waals surface area contributed by atoms with Crippen LogP contribution in [0.25, 0.3) is 11.0 Å². The average molecular weight is 365 g/mol. The molecule has 4 rings (SSSR count). The number of fused-ring (bicyclic) bond motifs is 1. The lowest BCUT2D eigenvalue weighted by atomic mass is 10.1. The van der Waals surface area contributed by atoms with Crippen molar-refractivity contribution in [2.24, 2.45) is 7.05 Å². The van der Waals surface area contributed by atoms with E-state index in [1.807, 2.05) is 55.6 Å². The summed E-state index contributed by atoms with van der Waals surface area (Å²) < 4.78 is 13.4. The molecule has 0 radical (unpaired) electrons. The maximum atomic E-state index is 12.6. The lowest BCUT2D eigenvalue weighted by Crippen LogP contribution is -2.34. The van der Waals surface area contributed by atoms with E-state index in [-0.39, 0.29) is 18.5 Å². The lowest BCUT2D eigenvalue weighted by molar-refractivity contribution is 0.0454. The van der Waals surface area contributed by atoms with Gasteiger partial charge in [0.15, 0.2) is 0 Å². The van der Waals surface area contributed by atoms with Crippen molar-refractivity contribution >= 4 is 17.0 Å². The first kappa shape index (κ1) is 17.5. The van der Waals surface area contributed by atoms with Crippen LogP contribution in [0.4, 0.5) is 0 Å². The molecule has 0 bridgehead atoms. The van der Waals surface area contributed by atoms with Gasteiger partial charge in [0.2, 0.25) is 5.82 Å². The summed E-state index contributed by atoms with van der Waals surface area (Å²) in [7, 11) is 1.82. The molecule has 6 nitrogen and oxygen atoms in total. The topological polar surface area (TPSA) is 65.4 Å². The summed E-state index contributed by atoms with van der Waals surface area (Å²) >= 11 is 0. The van der Waals surface area contributed by atoms with E-state index in [2.05, 4.69) is 10.3 Å². The molecule has 0 atom stereocenters. The van der Waals surface area contributed by atoms with Crippen molar-refractivity contribution in [2.75, 3.05) is 13.1 Å². The Morgan fingerprint density at radius 2 is 1.93 bits per heavy atom. The maximum absolute atomic E-state index is 12.6. The van der Waals surface area contributed by atoms with Crippen molar-refractivity contribution in [3.05, 3.63) is 59.9 Å². The molecule has 0 unspecified atom stereocenters. The van der Waals surface area contributed by atoms with E-state index in [0.717, 1.165) is 48.3 Å². The van der Waals surface area contributed by atoms with E-state index in [4.69, 9.17) is 9.47 Å². The molecular weight excluding hydrogens is 342 g/mol. The molecule has 2 aromatic carbocycles. The number of aromatic nitrogens is 2. The summed E-state index contributed by atoms with van der Waals surface area (Å²) in [6.07, 6.45) is 2.13. The summed E-state index contributed by atoms with van der Waals surface area (Å²) in [4.78, 5) is 17.0. The first-order valence-electron chi connectivity index (χ1n) is 9.26. The molecule has 1 saturated heterocycles. The Hall–Kier alpha value is -2.86. The first-order valence-corrected chi connectivity index (χ1v) is 9.26. The molecule has 1 N–H and O–H groups in total. The minimum Gasteiger partial charge on any atom is -0.488 e. The van der Waals surface area contributed by atoms with Crippen LogP contribution in [0, 0.1) is 0 Å². The molecule has 6 heteroatoms. The average Bonchev–Trinajstić information content (AvgIpc) is 3.05. The molecule has 3 aromatic rings. The number of hydrogen-bond donors (Lipinski definition) is 1. The zero-order valence-corrected chi connectivity index (χ0v) is 15.4. The van der Waals surface area contributed by atoms with Crippen LogP contribution in [0.1, 0.15) is 29.0 Å². The van der Waals surface area contributed by atoms with Crippen molar-refractivity contribution in [1.29, 1.82) is 0 Å². The van der Waals surface area contributed by atoms with Crippen LogP contribution < -0.4 is 10.1 Å². The SMILES string of the molecule is Cn1c(C(=O)OCc2ccccc2)nc2cccc(OC3CCNCC3)c21. The number of nitrogens with one attached hydrogen (secondary N) is 1. The number of rotatable bonds is 5. The molecule has 1 aliphatic rings. The van der Waals surface area contributed by atoms with Gasteiger partial charge in [0.25, 0.3) is 0 Å². The highest BCUT2D eigenvalue weighted by atomic mass is 16.5. The smallest absolute Gasteiger partial charge is 0.374 e. The van der Waals surface area contributed by atoms with E-state index in [1.165, 1.54) is 0 Å². The molecule has 27 heavy (non-hydrogen) atoms. The van der Waals surface area contributed by atoms with Crippen LogP contribution in [0.15, 0.2) is 48.5 Å². The van der Waals surface area contributed by atoms with Gasteiger partial charge >= 0.3 is 5.97 Å². The van der Waals surface area contributed by atoms with Gasteiger partial charge in [-0.05, 0) is 43.6 Å². The number of para-hydroxylation sites is 1. The lowest BCUT2D eigenvalue weighted by Gasteiger charge is -2.24. The number of esters is 1.